The lowest BCUT2D eigenvalue weighted by molar-refractivity contribution is 0.475. The van der Waals surface area contributed by atoms with Crippen molar-refractivity contribution in [1.82, 2.24) is 0 Å². The van der Waals surface area contributed by atoms with E-state index in [1.807, 2.05) is 12.1 Å². The van der Waals surface area contributed by atoms with E-state index in [0.29, 0.717) is 0 Å². The molecule has 1 N–H and O–H groups in total. The van der Waals surface area contributed by atoms with Crippen LogP contribution in [0, 0.1) is 0 Å². The highest BCUT2D eigenvalue weighted by atomic mass is 16.3. The largest absolute Gasteiger partial charge is 0.508 e. The van der Waals surface area contributed by atoms with Crippen LogP contribution in [0.5, 0.6) is 5.75 Å². The van der Waals surface area contributed by atoms with Gasteiger partial charge in [0.25, 0.3) is 0 Å². The Bertz CT molecular complexity index is 1580. The fourth-order valence-electron chi connectivity index (χ4n) is 4.77. The minimum atomic E-state index is 0.272. The molecule has 0 aliphatic carbocycles. The molecule has 0 aromatic heterocycles. The summed E-state index contributed by atoms with van der Waals surface area (Å²) in [5.41, 5.74) is 7.04. The van der Waals surface area contributed by atoms with Gasteiger partial charge in [0.2, 0.25) is 0 Å². The first-order valence-corrected chi connectivity index (χ1v) is 11.2. The van der Waals surface area contributed by atoms with Crippen molar-refractivity contribution in [3.63, 3.8) is 0 Å². The van der Waals surface area contributed by atoms with Gasteiger partial charge in [-0.15, -0.1) is 0 Å². The van der Waals surface area contributed by atoms with Crippen molar-refractivity contribution in [3.05, 3.63) is 127 Å². The molecular weight excluding hydrogens is 400 g/mol. The summed E-state index contributed by atoms with van der Waals surface area (Å²) in [6.45, 7) is 0. The van der Waals surface area contributed by atoms with E-state index in [-0.39, 0.29) is 5.75 Å². The molecule has 0 saturated carbocycles. The van der Waals surface area contributed by atoms with Crippen LogP contribution in [0.15, 0.2) is 127 Å². The Kier molecular flexibility index (Phi) is 4.66. The van der Waals surface area contributed by atoms with Gasteiger partial charge in [0.1, 0.15) is 5.75 Å². The summed E-state index contributed by atoms with van der Waals surface area (Å²) in [7, 11) is 0. The van der Waals surface area contributed by atoms with Gasteiger partial charge in [-0.2, -0.15) is 0 Å². The molecule has 0 unspecified atom stereocenters. The first kappa shape index (κ1) is 19.3. The first-order valence-electron chi connectivity index (χ1n) is 11.2. The van der Waals surface area contributed by atoms with E-state index < -0.39 is 0 Å². The summed E-state index contributed by atoms with van der Waals surface area (Å²) in [4.78, 5) is 0. The molecule has 0 aliphatic rings. The highest BCUT2D eigenvalue weighted by Gasteiger charge is 2.18. The quantitative estimate of drug-likeness (QED) is 0.283. The summed E-state index contributed by atoms with van der Waals surface area (Å²) in [6, 6.07) is 44.2. The minimum Gasteiger partial charge on any atom is -0.508 e. The molecule has 33 heavy (non-hydrogen) atoms. The van der Waals surface area contributed by atoms with Crippen LogP contribution < -0.4 is 0 Å². The molecule has 156 valence electrons. The molecule has 0 radical (unpaired) electrons. The summed E-state index contributed by atoms with van der Waals surface area (Å²) >= 11 is 0. The number of benzene rings is 6. The highest BCUT2D eigenvalue weighted by molar-refractivity contribution is 6.13. The van der Waals surface area contributed by atoms with Crippen molar-refractivity contribution in [2.45, 2.75) is 0 Å². The van der Waals surface area contributed by atoms with E-state index >= 15 is 0 Å². The molecule has 0 aliphatic heterocycles. The fourth-order valence-corrected chi connectivity index (χ4v) is 4.77. The smallest absolute Gasteiger partial charge is 0.115 e. The van der Waals surface area contributed by atoms with Gasteiger partial charge in [-0.05, 0) is 85.3 Å². The van der Waals surface area contributed by atoms with Crippen LogP contribution >= 0.6 is 0 Å². The maximum absolute atomic E-state index is 9.98. The lowest BCUT2D eigenvalue weighted by Crippen LogP contribution is -1.93. The van der Waals surface area contributed by atoms with E-state index in [2.05, 4.69) is 103 Å². The zero-order valence-corrected chi connectivity index (χ0v) is 18.1. The predicted octanol–water partition coefficient (Wildman–Crippen LogP) is 8.70. The van der Waals surface area contributed by atoms with Crippen molar-refractivity contribution < 1.29 is 5.11 Å². The number of hydrogen-bond acceptors (Lipinski definition) is 1. The number of fused-ring (bicyclic) bond motifs is 2. The Hall–Kier alpha value is -4.36. The maximum Gasteiger partial charge on any atom is 0.115 e. The second-order valence-electron chi connectivity index (χ2n) is 8.37. The fraction of sp³-hybridized carbons (Fsp3) is 0. The Morgan fingerprint density at radius 1 is 0.394 bits per heavy atom. The normalized spacial score (nSPS) is 11.2. The molecule has 6 rings (SSSR count). The van der Waals surface area contributed by atoms with Crippen LogP contribution in [0.2, 0.25) is 0 Å². The average Bonchev–Trinajstić information content (AvgIpc) is 2.88. The molecule has 6 aromatic carbocycles. The summed E-state index contributed by atoms with van der Waals surface area (Å²) in [5, 5.41) is 14.8. The number of phenols is 1. The summed E-state index contributed by atoms with van der Waals surface area (Å²) in [5.74, 6) is 0.272. The monoisotopic (exact) mass is 422 g/mol. The molecule has 0 spiro atoms. The number of rotatable bonds is 3. The van der Waals surface area contributed by atoms with Crippen molar-refractivity contribution in [2.75, 3.05) is 0 Å². The lowest BCUT2D eigenvalue weighted by Gasteiger charge is -2.20. The third kappa shape index (κ3) is 3.44. The molecule has 0 atom stereocenters. The molecule has 6 aromatic rings. The molecule has 0 bridgehead atoms. The average molecular weight is 423 g/mol. The minimum absolute atomic E-state index is 0.272. The Morgan fingerprint density at radius 2 is 0.939 bits per heavy atom. The Morgan fingerprint density at radius 3 is 1.61 bits per heavy atom. The Balaban J connectivity index is 1.82. The van der Waals surface area contributed by atoms with Crippen molar-refractivity contribution in [2.24, 2.45) is 0 Å². The third-order valence-corrected chi connectivity index (χ3v) is 6.31. The molecule has 0 fully saturated rings. The van der Waals surface area contributed by atoms with E-state index in [9.17, 15) is 5.11 Å². The van der Waals surface area contributed by atoms with Gasteiger partial charge >= 0.3 is 0 Å². The van der Waals surface area contributed by atoms with E-state index in [0.717, 1.165) is 5.56 Å². The maximum atomic E-state index is 9.98. The van der Waals surface area contributed by atoms with Crippen LogP contribution in [-0.4, -0.2) is 5.11 Å². The van der Waals surface area contributed by atoms with E-state index in [4.69, 9.17) is 0 Å². The zero-order valence-electron chi connectivity index (χ0n) is 18.1. The summed E-state index contributed by atoms with van der Waals surface area (Å²) in [6.07, 6.45) is 0. The highest BCUT2D eigenvalue weighted by Crippen LogP contribution is 2.45. The van der Waals surface area contributed by atoms with Crippen LogP contribution in [0.4, 0.5) is 0 Å². The predicted molar refractivity (Wildman–Crippen MR) is 139 cm³/mol. The van der Waals surface area contributed by atoms with Crippen molar-refractivity contribution in [3.8, 4) is 39.1 Å². The van der Waals surface area contributed by atoms with Gasteiger partial charge in [-0.1, -0.05) is 97.1 Å². The second-order valence-corrected chi connectivity index (χ2v) is 8.37. The van der Waals surface area contributed by atoms with E-state index in [1.54, 1.807) is 12.1 Å². The van der Waals surface area contributed by atoms with Crippen LogP contribution in [0.25, 0.3) is 54.9 Å². The van der Waals surface area contributed by atoms with Crippen molar-refractivity contribution in [1.29, 1.82) is 0 Å². The van der Waals surface area contributed by atoms with E-state index in [1.165, 1.54) is 49.4 Å². The molecule has 1 nitrogen and oxygen atoms in total. The molecule has 0 amide bonds. The topological polar surface area (TPSA) is 20.2 Å². The lowest BCUT2D eigenvalue weighted by atomic mass is 9.83. The molecule has 0 heterocycles. The standard InChI is InChI=1S/C32H22O/c33-28-17-15-24(16-18-28)32-30-20-26-14-8-7-13-25(26)19-27(30)21-29(22-9-3-1-4-10-22)31(32)23-11-5-2-6-12-23/h1-21,33H. The zero-order chi connectivity index (χ0) is 22.2. The third-order valence-electron chi connectivity index (χ3n) is 6.31. The Labute approximate surface area is 193 Å². The van der Waals surface area contributed by atoms with Gasteiger partial charge in [-0.3, -0.25) is 0 Å². The second kappa shape index (κ2) is 7.96. The van der Waals surface area contributed by atoms with Crippen molar-refractivity contribution >= 4 is 21.5 Å². The van der Waals surface area contributed by atoms with Gasteiger partial charge in [0.15, 0.2) is 0 Å². The van der Waals surface area contributed by atoms with Gasteiger partial charge in [0.05, 0.1) is 0 Å². The number of phenolic OH excluding ortho intramolecular Hbond substituents is 1. The van der Waals surface area contributed by atoms with Crippen LogP contribution in [0.1, 0.15) is 0 Å². The van der Waals surface area contributed by atoms with Crippen LogP contribution in [0.3, 0.4) is 0 Å². The molecule has 0 saturated heterocycles. The number of aromatic hydroxyl groups is 1. The molecule has 1 heteroatoms. The SMILES string of the molecule is Oc1ccc(-c2c(-c3ccccc3)c(-c3ccccc3)cc3cc4ccccc4cc23)cc1. The number of hydrogen-bond donors (Lipinski definition) is 1. The van der Waals surface area contributed by atoms with Crippen LogP contribution in [-0.2, 0) is 0 Å². The van der Waals surface area contributed by atoms with Gasteiger partial charge in [-0.25, -0.2) is 0 Å². The molecular formula is C32H22O. The summed E-state index contributed by atoms with van der Waals surface area (Å²) < 4.78 is 0. The van der Waals surface area contributed by atoms with Gasteiger partial charge in [0, 0.05) is 0 Å². The van der Waals surface area contributed by atoms with Gasteiger partial charge < -0.3 is 5.11 Å². The first-order chi connectivity index (χ1) is 16.3.